The Balaban J connectivity index is 0.00000289. The minimum atomic E-state index is -3.20. The Hall–Kier alpha value is -1.23. The highest BCUT2D eigenvalue weighted by Crippen LogP contribution is 2.17. The van der Waals surface area contributed by atoms with Gasteiger partial charge in [-0.1, -0.05) is 13.3 Å². The van der Waals surface area contributed by atoms with Crippen LogP contribution in [-0.2, 0) is 10.0 Å². The van der Waals surface area contributed by atoms with Crippen molar-refractivity contribution in [1.82, 2.24) is 0 Å². The quantitative estimate of drug-likeness (QED) is 0.766. The maximum atomic E-state index is 11.3. The molecule has 4 nitrogen and oxygen atoms in total. The molecule has 1 aromatic carbocycles. The number of hydrogen-bond acceptors (Lipinski definition) is 3. The topological polar surface area (TPSA) is 55.4 Å². The average Bonchev–Trinajstić information content (AvgIpc) is 2.31. The van der Waals surface area contributed by atoms with Gasteiger partial charge in [0, 0.05) is 7.11 Å². The maximum absolute atomic E-state index is 11.3. The summed E-state index contributed by atoms with van der Waals surface area (Å²) < 4.78 is 30.6. The molecule has 0 spiro atoms. The van der Waals surface area contributed by atoms with Gasteiger partial charge in [0.1, 0.15) is 5.75 Å². The molecule has 0 unspecified atom stereocenters. The van der Waals surface area contributed by atoms with Gasteiger partial charge in [0.05, 0.1) is 12.4 Å². The summed E-state index contributed by atoms with van der Waals surface area (Å²) >= 11 is 0. The summed E-state index contributed by atoms with van der Waals surface area (Å²) in [5.74, 6) is 0.833. The number of sulfonamides is 1. The summed E-state index contributed by atoms with van der Waals surface area (Å²) in [7, 11) is -3.20. The van der Waals surface area contributed by atoms with E-state index in [1.54, 1.807) is 31.2 Å². The van der Waals surface area contributed by atoms with Crippen LogP contribution in [0, 0.1) is 0 Å². The molecule has 0 aliphatic carbocycles. The van der Waals surface area contributed by atoms with Gasteiger partial charge < -0.3 is 4.74 Å². The van der Waals surface area contributed by atoms with E-state index in [1.807, 2.05) is 0 Å². The second kappa shape index (κ2) is 6.49. The van der Waals surface area contributed by atoms with Crippen LogP contribution in [0.2, 0.25) is 0 Å². The van der Waals surface area contributed by atoms with E-state index in [0.29, 0.717) is 12.3 Å². The third-order valence-electron chi connectivity index (χ3n) is 2.27. The van der Waals surface area contributed by atoms with Crippen LogP contribution < -0.4 is 9.46 Å². The molecular weight excluding hydrogens is 238 g/mol. The minimum Gasteiger partial charge on any atom is -0.494 e. The fraction of sp³-hybridized carbons (Fsp3) is 0.500. The third-order valence-corrected chi connectivity index (χ3v) is 3.58. The molecule has 0 heterocycles. The molecule has 0 saturated carbocycles. The number of hydrogen-bond donors (Lipinski definition) is 1. The second-order valence-corrected chi connectivity index (χ2v) is 5.74. The Morgan fingerprint density at radius 1 is 1.24 bits per heavy atom. The monoisotopic (exact) mass is 259 g/mol. The lowest BCUT2D eigenvalue weighted by Crippen LogP contribution is -2.14. The van der Waals surface area contributed by atoms with E-state index in [1.165, 1.54) is 0 Å². The summed E-state index contributed by atoms with van der Waals surface area (Å²) in [5, 5.41) is 0. The van der Waals surface area contributed by atoms with Gasteiger partial charge in [0.2, 0.25) is 10.0 Å². The molecule has 0 amide bonds. The Kier molecular flexibility index (Phi) is 5.28. The Bertz CT molecular complexity index is 431. The molecule has 0 atom stereocenters. The Labute approximate surface area is 105 Å². The van der Waals surface area contributed by atoms with Crippen LogP contribution in [-0.4, -0.2) is 20.8 Å². The number of rotatable bonds is 7. The standard InChI is InChI=1S/C12H19NO3S.H2/c1-3-5-10-16-12-8-6-11(7-9-12)13-17(14,15)4-2;/h6-9,13H,3-5,10H2,1-2H3;1H. The molecule has 0 aliphatic rings. The molecule has 17 heavy (non-hydrogen) atoms. The molecule has 0 bridgehead atoms. The summed E-state index contributed by atoms with van der Waals surface area (Å²) in [4.78, 5) is 0. The summed E-state index contributed by atoms with van der Waals surface area (Å²) in [5.41, 5.74) is 0.565. The first-order chi connectivity index (χ1) is 8.07. The maximum Gasteiger partial charge on any atom is 0.232 e. The van der Waals surface area contributed by atoms with Gasteiger partial charge in [-0.2, -0.15) is 0 Å². The van der Waals surface area contributed by atoms with E-state index in [2.05, 4.69) is 11.6 Å². The Morgan fingerprint density at radius 3 is 2.41 bits per heavy atom. The first-order valence-corrected chi connectivity index (χ1v) is 7.46. The zero-order valence-electron chi connectivity index (χ0n) is 10.3. The highest BCUT2D eigenvalue weighted by molar-refractivity contribution is 7.92. The van der Waals surface area contributed by atoms with E-state index >= 15 is 0 Å². The largest absolute Gasteiger partial charge is 0.494 e. The molecule has 1 rings (SSSR count). The van der Waals surface area contributed by atoms with E-state index in [0.717, 1.165) is 18.6 Å². The lowest BCUT2D eigenvalue weighted by atomic mass is 10.3. The first-order valence-electron chi connectivity index (χ1n) is 5.80. The highest BCUT2D eigenvalue weighted by Gasteiger charge is 2.06. The van der Waals surface area contributed by atoms with E-state index < -0.39 is 10.0 Å². The molecule has 98 valence electrons. The van der Waals surface area contributed by atoms with Crippen molar-refractivity contribution < 1.29 is 14.6 Å². The average molecular weight is 259 g/mol. The smallest absolute Gasteiger partial charge is 0.232 e. The molecule has 0 fully saturated rings. The van der Waals surface area contributed by atoms with Crippen LogP contribution in [0.5, 0.6) is 5.75 Å². The Morgan fingerprint density at radius 2 is 1.88 bits per heavy atom. The van der Waals surface area contributed by atoms with Crippen LogP contribution in [0.15, 0.2) is 24.3 Å². The van der Waals surface area contributed by atoms with Crippen LogP contribution in [0.3, 0.4) is 0 Å². The molecule has 1 aromatic rings. The number of unbranched alkanes of at least 4 members (excludes halogenated alkanes) is 1. The summed E-state index contributed by atoms with van der Waals surface area (Å²) in [6.45, 7) is 4.40. The lowest BCUT2D eigenvalue weighted by Gasteiger charge is -2.08. The highest BCUT2D eigenvalue weighted by atomic mass is 32.2. The summed E-state index contributed by atoms with van der Waals surface area (Å²) in [6, 6.07) is 6.94. The SMILES string of the molecule is CCCCOc1ccc(NS(=O)(=O)CC)cc1.[HH]. The van der Waals surface area contributed by atoms with Crippen LogP contribution in [0.4, 0.5) is 5.69 Å². The van der Waals surface area contributed by atoms with Crippen LogP contribution in [0.1, 0.15) is 28.1 Å². The van der Waals surface area contributed by atoms with Crippen molar-refractivity contribution in [1.29, 1.82) is 0 Å². The number of benzene rings is 1. The van der Waals surface area contributed by atoms with E-state index in [9.17, 15) is 8.42 Å². The van der Waals surface area contributed by atoms with E-state index in [-0.39, 0.29) is 7.18 Å². The van der Waals surface area contributed by atoms with Crippen molar-refractivity contribution >= 4 is 15.7 Å². The number of nitrogens with one attached hydrogen (secondary N) is 1. The van der Waals surface area contributed by atoms with Gasteiger partial charge in [-0.05, 0) is 37.6 Å². The fourth-order valence-electron chi connectivity index (χ4n) is 1.21. The number of anilines is 1. The molecular formula is C12H21NO3S. The minimum absolute atomic E-state index is 0. The normalized spacial score (nSPS) is 11.2. The van der Waals surface area contributed by atoms with Gasteiger partial charge >= 0.3 is 0 Å². The third kappa shape index (κ3) is 5.08. The predicted octanol–water partition coefficient (Wildman–Crippen LogP) is 2.87. The second-order valence-electron chi connectivity index (χ2n) is 3.73. The number of ether oxygens (including phenoxy) is 1. The van der Waals surface area contributed by atoms with Gasteiger partial charge in [0.15, 0.2) is 0 Å². The van der Waals surface area contributed by atoms with Crippen molar-refractivity contribution in [2.75, 3.05) is 17.1 Å². The summed E-state index contributed by atoms with van der Waals surface area (Å²) in [6.07, 6.45) is 2.11. The zero-order chi connectivity index (χ0) is 12.7. The first kappa shape index (κ1) is 13.8. The molecule has 0 aliphatic heterocycles. The molecule has 1 N–H and O–H groups in total. The van der Waals surface area contributed by atoms with Crippen LogP contribution >= 0.6 is 0 Å². The van der Waals surface area contributed by atoms with Gasteiger partial charge in [-0.15, -0.1) is 0 Å². The zero-order valence-corrected chi connectivity index (χ0v) is 11.1. The van der Waals surface area contributed by atoms with Crippen molar-refractivity contribution in [2.24, 2.45) is 0 Å². The van der Waals surface area contributed by atoms with E-state index in [4.69, 9.17) is 4.74 Å². The van der Waals surface area contributed by atoms with Crippen molar-refractivity contribution in [3.63, 3.8) is 0 Å². The van der Waals surface area contributed by atoms with Gasteiger partial charge in [0.25, 0.3) is 0 Å². The van der Waals surface area contributed by atoms with Gasteiger partial charge in [-0.3, -0.25) is 4.72 Å². The molecule has 0 aromatic heterocycles. The molecule has 0 radical (unpaired) electrons. The lowest BCUT2D eigenvalue weighted by molar-refractivity contribution is 0.309. The van der Waals surface area contributed by atoms with Crippen LogP contribution in [0.25, 0.3) is 0 Å². The van der Waals surface area contributed by atoms with Crippen molar-refractivity contribution in [3.8, 4) is 5.75 Å². The van der Waals surface area contributed by atoms with Crippen molar-refractivity contribution in [3.05, 3.63) is 24.3 Å². The van der Waals surface area contributed by atoms with Gasteiger partial charge in [-0.25, -0.2) is 8.42 Å². The molecule has 5 heteroatoms. The molecule has 0 saturated heterocycles. The predicted molar refractivity (Wildman–Crippen MR) is 72.0 cm³/mol. The fourth-order valence-corrected chi connectivity index (χ4v) is 1.84. The van der Waals surface area contributed by atoms with Crippen molar-refractivity contribution in [2.45, 2.75) is 26.7 Å².